The third kappa shape index (κ3) is 3.18. The molecule has 0 aromatic carbocycles. The highest BCUT2D eigenvalue weighted by Crippen LogP contribution is 2.46. The molecule has 0 spiro atoms. The number of piperazine rings is 1. The topological polar surface area (TPSA) is 33.7 Å². The Bertz CT molecular complexity index is 581. The van der Waals surface area contributed by atoms with Gasteiger partial charge in [0.1, 0.15) is 6.26 Å². The maximum atomic E-state index is 13.8. The van der Waals surface area contributed by atoms with Gasteiger partial charge in [0, 0.05) is 26.2 Å². The van der Waals surface area contributed by atoms with Crippen molar-refractivity contribution >= 4 is 12.4 Å². The molecule has 9 heteroatoms. The van der Waals surface area contributed by atoms with Crippen LogP contribution in [0.5, 0.6) is 0 Å². The highest BCUT2D eigenvalue weighted by Gasteiger charge is 2.59. The van der Waals surface area contributed by atoms with Gasteiger partial charge in [-0.15, -0.1) is 12.4 Å². The molecule has 0 atom stereocenters. The summed E-state index contributed by atoms with van der Waals surface area (Å²) in [6.07, 6.45) is 4.05. The van der Waals surface area contributed by atoms with Gasteiger partial charge in [-0.3, -0.25) is 0 Å². The monoisotopic (exact) mass is 354 g/mol. The number of hydrogen-bond donors (Lipinski definition) is 1. The normalized spacial score (nSPS) is 25.2. The SMILES string of the molecule is Cl.FC1(F)C=CC=C(C2=COC(N3CCNCC3)=CO2)C1(F)F. The van der Waals surface area contributed by atoms with Gasteiger partial charge in [0.05, 0.1) is 5.57 Å². The summed E-state index contributed by atoms with van der Waals surface area (Å²) < 4.78 is 64.6. The Balaban J connectivity index is 0.00000192. The van der Waals surface area contributed by atoms with Crippen LogP contribution in [0.15, 0.2) is 48.0 Å². The second kappa shape index (κ2) is 6.45. The average molecular weight is 355 g/mol. The number of hydrogen-bond acceptors (Lipinski definition) is 4. The summed E-state index contributed by atoms with van der Waals surface area (Å²) in [7, 11) is 0. The highest BCUT2D eigenvalue weighted by molar-refractivity contribution is 5.85. The van der Waals surface area contributed by atoms with Crippen molar-refractivity contribution < 1.29 is 27.0 Å². The molecule has 0 aromatic rings. The Kier molecular flexibility index (Phi) is 4.95. The predicted octanol–water partition coefficient (Wildman–Crippen LogP) is 2.77. The molecule has 0 amide bonds. The van der Waals surface area contributed by atoms with E-state index in [4.69, 9.17) is 9.47 Å². The van der Waals surface area contributed by atoms with E-state index < -0.39 is 23.2 Å². The van der Waals surface area contributed by atoms with Crippen LogP contribution in [0.2, 0.25) is 0 Å². The fourth-order valence-corrected chi connectivity index (χ4v) is 2.34. The summed E-state index contributed by atoms with van der Waals surface area (Å²) in [5, 5.41) is 3.15. The third-order valence-electron chi connectivity index (χ3n) is 3.59. The predicted molar refractivity (Wildman–Crippen MR) is 77.1 cm³/mol. The Morgan fingerprint density at radius 2 is 1.74 bits per heavy atom. The van der Waals surface area contributed by atoms with Crippen LogP contribution in [-0.4, -0.2) is 42.9 Å². The molecule has 1 N–H and O–H groups in total. The minimum absolute atomic E-state index is 0. The van der Waals surface area contributed by atoms with Crippen LogP contribution in [-0.2, 0) is 9.47 Å². The zero-order valence-electron chi connectivity index (χ0n) is 11.9. The number of nitrogens with one attached hydrogen (secondary N) is 1. The smallest absolute Gasteiger partial charge is 0.342 e. The van der Waals surface area contributed by atoms with E-state index in [1.165, 1.54) is 0 Å². The van der Waals surface area contributed by atoms with Crippen molar-refractivity contribution in [3.63, 3.8) is 0 Å². The summed E-state index contributed by atoms with van der Waals surface area (Å²) in [5.41, 5.74) is -0.907. The summed E-state index contributed by atoms with van der Waals surface area (Å²) in [5.74, 6) is -8.67. The van der Waals surface area contributed by atoms with Crippen LogP contribution >= 0.6 is 12.4 Å². The summed E-state index contributed by atoms with van der Waals surface area (Å²) in [6, 6.07) is 0. The lowest BCUT2D eigenvalue weighted by Gasteiger charge is -2.33. The van der Waals surface area contributed by atoms with E-state index >= 15 is 0 Å². The van der Waals surface area contributed by atoms with Gasteiger partial charge in [-0.2, -0.15) is 17.6 Å². The van der Waals surface area contributed by atoms with Crippen molar-refractivity contribution in [3.05, 3.63) is 48.0 Å². The minimum atomic E-state index is -4.35. The third-order valence-corrected chi connectivity index (χ3v) is 3.59. The maximum Gasteiger partial charge on any atom is 0.342 e. The van der Waals surface area contributed by atoms with E-state index in [1.54, 1.807) is 0 Å². The van der Waals surface area contributed by atoms with Crippen LogP contribution in [0.4, 0.5) is 17.6 Å². The first-order valence-electron chi connectivity index (χ1n) is 6.77. The molecular weight excluding hydrogens is 340 g/mol. The van der Waals surface area contributed by atoms with Crippen LogP contribution in [0.25, 0.3) is 0 Å². The van der Waals surface area contributed by atoms with Crippen molar-refractivity contribution in [2.75, 3.05) is 26.2 Å². The molecule has 0 unspecified atom stereocenters. The lowest BCUT2D eigenvalue weighted by atomic mass is 9.95. The summed E-state index contributed by atoms with van der Waals surface area (Å²) in [6.45, 7) is 2.88. The van der Waals surface area contributed by atoms with Crippen molar-refractivity contribution in [1.29, 1.82) is 0 Å². The van der Waals surface area contributed by atoms with Gasteiger partial charge >= 0.3 is 11.8 Å². The molecule has 0 aromatic heterocycles. The van der Waals surface area contributed by atoms with E-state index in [2.05, 4.69) is 5.32 Å². The van der Waals surface area contributed by atoms with Crippen LogP contribution in [0, 0.1) is 0 Å². The number of ether oxygens (including phenoxy) is 2. The minimum Gasteiger partial charge on any atom is -0.456 e. The summed E-state index contributed by atoms with van der Waals surface area (Å²) in [4.78, 5) is 1.87. The van der Waals surface area contributed by atoms with Crippen LogP contribution in [0.3, 0.4) is 0 Å². The first kappa shape index (κ1) is 17.7. The van der Waals surface area contributed by atoms with E-state index in [0.29, 0.717) is 19.0 Å². The van der Waals surface area contributed by atoms with Gasteiger partial charge in [-0.1, -0.05) is 6.08 Å². The van der Waals surface area contributed by atoms with Crippen molar-refractivity contribution in [2.24, 2.45) is 0 Å². The van der Waals surface area contributed by atoms with Gasteiger partial charge in [-0.25, -0.2) is 0 Å². The molecule has 2 aliphatic heterocycles. The molecule has 0 bridgehead atoms. The lowest BCUT2D eigenvalue weighted by Crippen LogP contribution is -2.44. The number of nitrogens with zero attached hydrogens (tertiary/aromatic N) is 1. The Hall–Kier alpha value is -1.67. The van der Waals surface area contributed by atoms with Crippen LogP contribution in [0.1, 0.15) is 0 Å². The van der Waals surface area contributed by atoms with Gasteiger partial charge < -0.3 is 19.7 Å². The molecule has 1 aliphatic carbocycles. The second-order valence-corrected chi connectivity index (χ2v) is 5.05. The Labute approximate surface area is 136 Å². The molecule has 0 radical (unpaired) electrons. The molecule has 23 heavy (non-hydrogen) atoms. The molecule has 1 fully saturated rings. The first-order chi connectivity index (χ1) is 10.4. The maximum absolute atomic E-state index is 13.8. The van der Waals surface area contributed by atoms with E-state index in [1.807, 2.05) is 4.90 Å². The van der Waals surface area contributed by atoms with Crippen molar-refractivity contribution in [2.45, 2.75) is 11.8 Å². The van der Waals surface area contributed by atoms with E-state index in [9.17, 15) is 17.6 Å². The van der Waals surface area contributed by atoms with E-state index in [-0.39, 0.29) is 18.5 Å². The number of alkyl halides is 4. The lowest BCUT2D eigenvalue weighted by molar-refractivity contribution is -0.156. The standard InChI is InChI=1S/C14H14F4N2O2.ClH/c15-13(16)3-1-2-10(14(13,17)18)11-8-22-12(9-21-11)20-6-4-19-5-7-20;/h1-3,8-9,19H,4-7H2;1H. The molecular formula is C14H15ClF4N2O2. The fourth-order valence-electron chi connectivity index (χ4n) is 2.34. The average Bonchev–Trinajstić information content (AvgIpc) is 2.51. The number of rotatable bonds is 2. The quantitative estimate of drug-likeness (QED) is 0.773. The van der Waals surface area contributed by atoms with Crippen molar-refractivity contribution in [3.8, 4) is 0 Å². The molecule has 3 rings (SSSR count). The van der Waals surface area contributed by atoms with Gasteiger partial charge in [0.15, 0.2) is 12.0 Å². The molecule has 3 aliphatic rings. The Morgan fingerprint density at radius 1 is 1.04 bits per heavy atom. The second-order valence-electron chi connectivity index (χ2n) is 5.05. The molecule has 128 valence electrons. The molecule has 2 heterocycles. The first-order valence-corrected chi connectivity index (χ1v) is 6.77. The largest absolute Gasteiger partial charge is 0.456 e. The number of halogens is 5. The molecule has 1 saturated heterocycles. The fraction of sp³-hybridized carbons (Fsp3) is 0.429. The molecule has 4 nitrogen and oxygen atoms in total. The van der Waals surface area contributed by atoms with E-state index in [0.717, 1.165) is 37.8 Å². The van der Waals surface area contributed by atoms with Crippen molar-refractivity contribution in [1.82, 2.24) is 10.2 Å². The Morgan fingerprint density at radius 3 is 2.35 bits per heavy atom. The van der Waals surface area contributed by atoms with Gasteiger partial charge in [-0.05, 0) is 12.2 Å². The summed E-state index contributed by atoms with van der Waals surface area (Å²) >= 11 is 0. The zero-order chi connectivity index (χ0) is 15.8. The highest BCUT2D eigenvalue weighted by atomic mass is 35.5. The number of allylic oxidation sites excluding steroid dienone is 4. The molecule has 0 saturated carbocycles. The van der Waals surface area contributed by atoms with Crippen LogP contribution < -0.4 is 5.32 Å². The zero-order valence-corrected chi connectivity index (χ0v) is 12.7. The van der Waals surface area contributed by atoms with Gasteiger partial charge in [0.25, 0.3) is 0 Å². The van der Waals surface area contributed by atoms with Gasteiger partial charge in [0.2, 0.25) is 5.88 Å².